The average molecular weight is 211 g/mol. The molecule has 1 aromatic rings. The van der Waals surface area contributed by atoms with Gasteiger partial charge in [0.1, 0.15) is 5.78 Å². The van der Waals surface area contributed by atoms with Crippen molar-refractivity contribution < 1.29 is 4.79 Å². The molecule has 0 radical (unpaired) electrons. The molecule has 1 rings (SSSR count). The molecule has 0 amide bonds. The predicted octanol–water partition coefficient (Wildman–Crippen LogP) is 2.25. The average Bonchev–Trinajstić information content (AvgIpc) is 2.63. The molecule has 0 saturated carbocycles. The van der Waals surface area contributed by atoms with Gasteiger partial charge in [-0.25, -0.2) is 0 Å². The molecule has 0 aromatic carbocycles. The zero-order valence-electron chi connectivity index (χ0n) is 8.75. The number of thiophene rings is 1. The molecule has 3 heteroatoms. The van der Waals surface area contributed by atoms with E-state index in [-0.39, 0.29) is 0 Å². The fourth-order valence-electron chi connectivity index (χ4n) is 1.12. The van der Waals surface area contributed by atoms with Crippen molar-refractivity contribution in [3.63, 3.8) is 0 Å². The molecule has 14 heavy (non-hydrogen) atoms. The van der Waals surface area contributed by atoms with Crippen LogP contribution in [0.4, 0.5) is 0 Å². The molecule has 1 heterocycles. The summed E-state index contributed by atoms with van der Waals surface area (Å²) in [5.74, 6) is 0.298. The lowest BCUT2D eigenvalue weighted by molar-refractivity contribution is -0.118. The number of ketones is 1. The van der Waals surface area contributed by atoms with Crippen molar-refractivity contribution in [3.8, 4) is 0 Å². The SMILES string of the molecule is CC(C)NCC(=O)CCc1cccs1. The molecule has 0 aliphatic rings. The fourth-order valence-corrected chi connectivity index (χ4v) is 1.83. The van der Waals surface area contributed by atoms with Crippen molar-refractivity contribution in [3.05, 3.63) is 22.4 Å². The first kappa shape index (κ1) is 11.4. The summed E-state index contributed by atoms with van der Waals surface area (Å²) >= 11 is 1.72. The highest BCUT2D eigenvalue weighted by Gasteiger charge is 2.03. The summed E-state index contributed by atoms with van der Waals surface area (Å²) in [5, 5.41) is 5.18. The number of hydrogen-bond donors (Lipinski definition) is 1. The van der Waals surface area contributed by atoms with Gasteiger partial charge in [-0.3, -0.25) is 4.79 Å². The minimum absolute atomic E-state index is 0.298. The Morgan fingerprint density at radius 2 is 2.36 bits per heavy atom. The van der Waals surface area contributed by atoms with Crippen LogP contribution in [0, 0.1) is 0 Å². The summed E-state index contributed by atoms with van der Waals surface area (Å²) < 4.78 is 0. The first-order valence-corrected chi connectivity index (χ1v) is 5.84. The van der Waals surface area contributed by atoms with Gasteiger partial charge in [-0.15, -0.1) is 11.3 Å². The molecule has 0 aliphatic carbocycles. The Morgan fingerprint density at radius 1 is 1.57 bits per heavy atom. The molecule has 0 aliphatic heterocycles. The fraction of sp³-hybridized carbons (Fsp3) is 0.545. The van der Waals surface area contributed by atoms with E-state index in [4.69, 9.17) is 0 Å². The van der Waals surface area contributed by atoms with Crippen LogP contribution in [0.2, 0.25) is 0 Å². The van der Waals surface area contributed by atoms with Gasteiger partial charge in [0.05, 0.1) is 6.54 Å². The summed E-state index contributed by atoms with van der Waals surface area (Å²) in [6.07, 6.45) is 1.54. The largest absolute Gasteiger partial charge is 0.308 e. The van der Waals surface area contributed by atoms with Crippen LogP contribution in [0.5, 0.6) is 0 Å². The maximum absolute atomic E-state index is 11.4. The second-order valence-corrected chi connectivity index (χ2v) is 4.69. The van der Waals surface area contributed by atoms with Crippen molar-refractivity contribution in [2.24, 2.45) is 0 Å². The van der Waals surface area contributed by atoms with E-state index in [1.807, 2.05) is 25.3 Å². The minimum Gasteiger partial charge on any atom is -0.308 e. The van der Waals surface area contributed by atoms with Gasteiger partial charge in [-0.1, -0.05) is 19.9 Å². The summed E-state index contributed by atoms with van der Waals surface area (Å²) in [5.41, 5.74) is 0. The van der Waals surface area contributed by atoms with E-state index in [0.29, 0.717) is 24.8 Å². The Kier molecular flexibility index (Phi) is 4.84. The van der Waals surface area contributed by atoms with Crippen LogP contribution < -0.4 is 5.32 Å². The van der Waals surface area contributed by atoms with E-state index in [2.05, 4.69) is 11.4 Å². The molecular weight excluding hydrogens is 194 g/mol. The molecule has 0 atom stereocenters. The van der Waals surface area contributed by atoms with Gasteiger partial charge < -0.3 is 5.32 Å². The van der Waals surface area contributed by atoms with Gasteiger partial charge >= 0.3 is 0 Å². The zero-order valence-corrected chi connectivity index (χ0v) is 9.56. The van der Waals surface area contributed by atoms with Gasteiger partial charge in [0, 0.05) is 17.3 Å². The molecule has 1 aromatic heterocycles. The highest BCUT2D eigenvalue weighted by atomic mass is 32.1. The van der Waals surface area contributed by atoms with Crippen molar-refractivity contribution in [2.45, 2.75) is 32.7 Å². The maximum atomic E-state index is 11.4. The summed E-state index contributed by atoms with van der Waals surface area (Å²) in [4.78, 5) is 12.7. The number of aryl methyl sites for hydroxylation is 1. The third-order valence-corrected chi connectivity index (χ3v) is 2.87. The number of Topliss-reactive ketones (excluding diaryl/α,β-unsaturated/α-hetero) is 1. The van der Waals surface area contributed by atoms with E-state index >= 15 is 0 Å². The smallest absolute Gasteiger partial charge is 0.146 e. The van der Waals surface area contributed by atoms with Crippen LogP contribution in [0.25, 0.3) is 0 Å². The number of carbonyl (C=O) groups is 1. The molecule has 78 valence electrons. The lowest BCUT2D eigenvalue weighted by atomic mass is 10.2. The normalized spacial score (nSPS) is 10.8. The Morgan fingerprint density at radius 3 is 2.93 bits per heavy atom. The molecule has 0 saturated heterocycles. The Bertz CT molecular complexity index is 267. The standard InChI is InChI=1S/C11H17NOS/c1-9(2)12-8-10(13)5-6-11-4-3-7-14-11/h3-4,7,9,12H,5-6,8H2,1-2H3. The number of hydrogen-bond acceptors (Lipinski definition) is 3. The highest BCUT2D eigenvalue weighted by molar-refractivity contribution is 7.09. The van der Waals surface area contributed by atoms with Crippen molar-refractivity contribution >= 4 is 17.1 Å². The van der Waals surface area contributed by atoms with Crippen LogP contribution in [-0.2, 0) is 11.2 Å². The molecule has 0 fully saturated rings. The zero-order chi connectivity index (χ0) is 10.4. The third kappa shape index (κ3) is 4.53. The van der Waals surface area contributed by atoms with Gasteiger partial charge in [0.2, 0.25) is 0 Å². The van der Waals surface area contributed by atoms with Crippen molar-refractivity contribution in [1.29, 1.82) is 0 Å². The molecule has 2 nitrogen and oxygen atoms in total. The van der Waals surface area contributed by atoms with Crippen LogP contribution in [0.1, 0.15) is 25.1 Å². The van der Waals surface area contributed by atoms with E-state index < -0.39 is 0 Å². The summed E-state index contributed by atoms with van der Waals surface area (Å²) in [6, 6.07) is 4.49. The van der Waals surface area contributed by atoms with Crippen LogP contribution in [0.3, 0.4) is 0 Å². The van der Waals surface area contributed by atoms with Gasteiger partial charge in [-0.05, 0) is 17.9 Å². The van der Waals surface area contributed by atoms with Crippen molar-refractivity contribution in [2.75, 3.05) is 6.54 Å². The number of rotatable bonds is 6. The first-order chi connectivity index (χ1) is 6.68. The van der Waals surface area contributed by atoms with E-state index in [1.54, 1.807) is 11.3 Å². The lowest BCUT2D eigenvalue weighted by Gasteiger charge is -2.06. The molecule has 0 bridgehead atoms. The molecule has 0 unspecified atom stereocenters. The number of nitrogens with one attached hydrogen (secondary N) is 1. The maximum Gasteiger partial charge on any atom is 0.146 e. The van der Waals surface area contributed by atoms with Gasteiger partial charge in [0.25, 0.3) is 0 Å². The topological polar surface area (TPSA) is 29.1 Å². The van der Waals surface area contributed by atoms with E-state index in [0.717, 1.165) is 6.42 Å². The van der Waals surface area contributed by atoms with Crippen LogP contribution in [-0.4, -0.2) is 18.4 Å². The summed E-state index contributed by atoms with van der Waals surface area (Å²) in [7, 11) is 0. The van der Waals surface area contributed by atoms with E-state index in [9.17, 15) is 4.79 Å². The first-order valence-electron chi connectivity index (χ1n) is 4.96. The molecular formula is C11H17NOS. The van der Waals surface area contributed by atoms with Crippen molar-refractivity contribution in [1.82, 2.24) is 5.32 Å². The van der Waals surface area contributed by atoms with Crippen LogP contribution in [0.15, 0.2) is 17.5 Å². The number of carbonyl (C=O) groups excluding carboxylic acids is 1. The lowest BCUT2D eigenvalue weighted by Crippen LogP contribution is -2.29. The quantitative estimate of drug-likeness (QED) is 0.782. The highest BCUT2D eigenvalue weighted by Crippen LogP contribution is 2.10. The molecule has 0 spiro atoms. The third-order valence-electron chi connectivity index (χ3n) is 1.94. The minimum atomic E-state index is 0.298. The monoisotopic (exact) mass is 211 g/mol. The van der Waals surface area contributed by atoms with Crippen LogP contribution >= 0.6 is 11.3 Å². The Hall–Kier alpha value is -0.670. The Balaban J connectivity index is 2.15. The molecule has 1 N–H and O–H groups in total. The predicted molar refractivity (Wildman–Crippen MR) is 60.8 cm³/mol. The second kappa shape index (κ2) is 5.94. The summed E-state index contributed by atoms with van der Waals surface area (Å²) in [6.45, 7) is 4.60. The van der Waals surface area contributed by atoms with Gasteiger partial charge in [0.15, 0.2) is 0 Å². The second-order valence-electron chi connectivity index (χ2n) is 3.65. The van der Waals surface area contributed by atoms with E-state index in [1.165, 1.54) is 4.88 Å². The Labute approximate surface area is 89.3 Å². The van der Waals surface area contributed by atoms with Gasteiger partial charge in [-0.2, -0.15) is 0 Å².